The van der Waals surface area contributed by atoms with Gasteiger partial charge >= 0.3 is 5.97 Å². The van der Waals surface area contributed by atoms with Crippen LogP contribution in [0.15, 0.2) is 24.3 Å². The van der Waals surface area contributed by atoms with Crippen molar-refractivity contribution >= 4 is 35.1 Å². The maximum atomic E-state index is 12.4. The van der Waals surface area contributed by atoms with Crippen LogP contribution in [0.2, 0.25) is 0 Å². The number of aliphatic carboxylic acids is 1. The Balaban J connectivity index is 1.82. The van der Waals surface area contributed by atoms with Gasteiger partial charge in [0.15, 0.2) is 5.78 Å². The number of carboxylic acid groups (broad SMARTS) is 1. The van der Waals surface area contributed by atoms with Gasteiger partial charge in [-0.25, -0.2) is 4.79 Å². The number of carbonyl (C=O) groups is 3. The van der Waals surface area contributed by atoms with Gasteiger partial charge in [-0.15, -0.1) is 11.8 Å². The summed E-state index contributed by atoms with van der Waals surface area (Å²) >= 11 is 1.30. The summed E-state index contributed by atoms with van der Waals surface area (Å²) in [6.45, 7) is 3.49. The lowest BCUT2D eigenvalue weighted by atomic mass is 9.85. The van der Waals surface area contributed by atoms with E-state index < -0.39 is 45.8 Å². The van der Waals surface area contributed by atoms with E-state index in [0.717, 1.165) is 0 Å². The van der Waals surface area contributed by atoms with Gasteiger partial charge < -0.3 is 20.8 Å². The van der Waals surface area contributed by atoms with Gasteiger partial charge in [-0.05, 0) is 38.1 Å². The van der Waals surface area contributed by atoms with Crippen molar-refractivity contribution in [3.8, 4) is 0 Å². The molecule has 2 aliphatic heterocycles. The van der Waals surface area contributed by atoms with E-state index in [1.807, 2.05) is 0 Å². The molecule has 128 valence electrons. The zero-order valence-corrected chi connectivity index (χ0v) is 14.0. The molecular weight excluding hydrogens is 332 g/mol. The number of hydrogen-bond acceptors (Lipinski definition) is 6. The van der Waals surface area contributed by atoms with Crippen LogP contribution in [0.5, 0.6) is 0 Å². The van der Waals surface area contributed by atoms with Crippen molar-refractivity contribution in [3.63, 3.8) is 0 Å². The van der Waals surface area contributed by atoms with Crippen LogP contribution in [0.25, 0.3) is 0 Å². The molecule has 2 saturated heterocycles. The maximum Gasteiger partial charge on any atom is 0.327 e. The number of amides is 1. The molecule has 2 fully saturated rings. The van der Waals surface area contributed by atoms with Crippen molar-refractivity contribution in [1.29, 1.82) is 0 Å². The Morgan fingerprint density at radius 1 is 1.29 bits per heavy atom. The summed E-state index contributed by atoms with van der Waals surface area (Å²) in [5, 5.41) is 19.2. The van der Waals surface area contributed by atoms with E-state index in [2.05, 4.69) is 0 Å². The number of nitrogens with zero attached hydrogens (tertiary/aromatic N) is 1. The number of hydrogen-bond donors (Lipinski definition) is 3. The van der Waals surface area contributed by atoms with Gasteiger partial charge in [-0.1, -0.05) is 0 Å². The van der Waals surface area contributed by atoms with E-state index >= 15 is 0 Å². The van der Waals surface area contributed by atoms with Crippen LogP contribution in [0.3, 0.4) is 0 Å². The first kappa shape index (κ1) is 16.8. The Bertz CT molecular complexity index is 718. The van der Waals surface area contributed by atoms with Gasteiger partial charge in [0.2, 0.25) is 5.91 Å². The lowest BCUT2D eigenvalue weighted by molar-refractivity contribution is -0.167. The molecule has 2 heterocycles. The third-order valence-corrected chi connectivity index (χ3v) is 6.11. The van der Waals surface area contributed by atoms with Crippen molar-refractivity contribution < 1.29 is 24.6 Å². The largest absolute Gasteiger partial charge is 0.480 e. The smallest absolute Gasteiger partial charge is 0.327 e. The normalized spacial score (nSPS) is 28.9. The van der Waals surface area contributed by atoms with Crippen LogP contribution < -0.4 is 5.73 Å². The molecule has 0 aliphatic carbocycles. The first-order valence-electron chi connectivity index (χ1n) is 7.46. The number of anilines is 1. The summed E-state index contributed by atoms with van der Waals surface area (Å²) in [6.07, 6.45) is -1.50. The average Bonchev–Trinajstić information content (AvgIpc) is 2.75. The number of fused-ring (bicyclic) bond motifs is 1. The summed E-state index contributed by atoms with van der Waals surface area (Å²) in [6, 6.07) is 5.11. The minimum Gasteiger partial charge on any atom is -0.480 e. The second-order valence-electron chi connectivity index (χ2n) is 6.56. The van der Waals surface area contributed by atoms with Gasteiger partial charge in [0.25, 0.3) is 0 Å². The SMILES string of the molecule is CC1(C)S[C@@H]2[C@H]([C@H](O)C(=O)c3ccc(N)cc3)C(=O)N2[C@H]1C(=O)O. The number of rotatable bonds is 4. The number of carboxylic acids is 1. The number of thioether (sulfide) groups is 1. The fourth-order valence-electron chi connectivity index (χ4n) is 3.31. The van der Waals surface area contributed by atoms with E-state index in [-0.39, 0.29) is 5.56 Å². The second-order valence-corrected chi connectivity index (χ2v) is 8.33. The first-order valence-corrected chi connectivity index (χ1v) is 8.34. The lowest BCUT2D eigenvalue weighted by Gasteiger charge is -2.45. The van der Waals surface area contributed by atoms with Crippen molar-refractivity contribution in [2.24, 2.45) is 5.92 Å². The Hall–Kier alpha value is -2.06. The second kappa shape index (κ2) is 5.49. The van der Waals surface area contributed by atoms with Crippen molar-refractivity contribution in [2.45, 2.75) is 36.1 Å². The third kappa shape index (κ3) is 2.37. The van der Waals surface area contributed by atoms with Crippen LogP contribution >= 0.6 is 11.8 Å². The standard InChI is InChI=1S/C16H18N2O5S/c1-16(2)12(15(22)23)18-13(21)9(14(18)24-16)11(20)10(19)7-3-5-8(17)6-4-7/h3-6,9,11-12,14,20H,17H2,1-2H3,(H,22,23)/t9-,11+,12+,14-/m1/s1. The van der Waals surface area contributed by atoms with E-state index in [0.29, 0.717) is 5.69 Å². The maximum absolute atomic E-state index is 12.4. The Labute approximate surface area is 142 Å². The molecule has 1 amide bonds. The summed E-state index contributed by atoms with van der Waals surface area (Å²) < 4.78 is -0.690. The number of aliphatic hydroxyl groups excluding tert-OH is 1. The molecule has 0 spiro atoms. The Morgan fingerprint density at radius 2 is 1.88 bits per heavy atom. The Morgan fingerprint density at radius 3 is 2.42 bits per heavy atom. The minimum atomic E-state index is -1.50. The van der Waals surface area contributed by atoms with Gasteiger partial charge in [0, 0.05) is 16.0 Å². The molecule has 0 aromatic heterocycles. The van der Waals surface area contributed by atoms with Gasteiger partial charge in [-0.2, -0.15) is 0 Å². The van der Waals surface area contributed by atoms with Gasteiger partial charge in [-0.3, -0.25) is 9.59 Å². The van der Waals surface area contributed by atoms with Crippen LogP contribution in [0.1, 0.15) is 24.2 Å². The number of nitrogens with two attached hydrogens (primary N) is 1. The van der Waals surface area contributed by atoms with E-state index in [1.54, 1.807) is 26.0 Å². The predicted molar refractivity (Wildman–Crippen MR) is 88.4 cm³/mol. The Kier molecular flexibility index (Phi) is 3.84. The molecule has 3 rings (SSSR count). The fraction of sp³-hybridized carbons (Fsp3) is 0.438. The van der Waals surface area contributed by atoms with Crippen LogP contribution in [-0.2, 0) is 9.59 Å². The first-order chi connectivity index (χ1) is 11.1. The molecule has 0 saturated carbocycles. The molecular formula is C16H18N2O5S. The van der Waals surface area contributed by atoms with Crippen molar-refractivity contribution in [2.75, 3.05) is 5.73 Å². The van der Waals surface area contributed by atoms with Crippen LogP contribution in [0, 0.1) is 5.92 Å². The molecule has 0 radical (unpaired) electrons. The summed E-state index contributed by atoms with van der Waals surface area (Å²) in [4.78, 5) is 37.5. The molecule has 7 nitrogen and oxygen atoms in total. The van der Waals surface area contributed by atoms with Gasteiger partial charge in [0.05, 0.1) is 5.37 Å². The lowest BCUT2D eigenvalue weighted by Crippen LogP contribution is -2.66. The monoisotopic (exact) mass is 350 g/mol. The topological polar surface area (TPSA) is 121 Å². The highest BCUT2D eigenvalue weighted by atomic mass is 32.2. The quantitative estimate of drug-likeness (QED) is 0.412. The molecule has 8 heteroatoms. The fourth-order valence-corrected chi connectivity index (χ4v) is 5.03. The average molecular weight is 350 g/mol. The highest BCUT2D eigenvalue weighted by Crippen LogP contribution is 2.54. The molecule has 0 bridgehead atoms. The number of ketones is 1. The zero-order valence-electron chi connectivity index (χ0n) is 13.2. The molecule has 24 heavy (non-hydrogen) atoms. The minimum absolute atomic E-state index is 0.264. The third-order valence-electron chi connectivity index (χ3n) is 4.52. The number of nitrogen functional groups attached to an aromatic ring is 1. The van der Waals surface area contributed by atoms with Crippen molar-refractivity contribution in [1.82, 2.24) is 4.90 Å². The van der Waals surface area contributed by atoms with Gasteiger partial charge in [0.1, 0.15) is 18.1 Å². The van der Waals surface area contributed by atoms with Crippen LogP contribution in [0.4, 0.5) is 5.69 Å². The van der Waals surface area contributed by atoms with E-state index in [1.165, 1.54) is 28.8 Å². The highest BCUT2D eigenvalue weighted by Gasteiger charge is 2.65. The molecule has 4 atom stereocenters. The molecule has 1 aromatic rings. The predicted octanol–water partition coefficient (Wildman–Crippen LogP) is 0.575. The van der Waals surface area contributed by atoms with Crippen LogP contribution in [-0.4, -0.2) is 55.0 Å². The van der Waals surface area contributed by atoms with E-state index in [4.69, 9.17) is 5.73 Å². The van der Waals surface area contributed by atoms with E-state index in [9.17, 15) is 24.6 Å². The number of Topliss-reactive ketones (excluding diaryl/α,β-unsaturated/α-hetero) is 1. The summed E-state index contributed by atoms with van der Waals surface area (Å²) in [5.74, 6) is -3.07. The molecule has 1 aromatic carbocycles. The summed E-state index contributed by atoms with van der Waals surface area (Å²) in [7, 11) is 0. The molecule has 4 N–H and O–H groups in total. The zero-order chi connectivity index (χ0) is 17.8. The number of β-lactam (4-membered cyclic amide) rings is 1. The number of carbonyl (C=O) groups excluding carboxylic acids is 2. The highest BCUT2D eigenvalue weighted by molar-refractivity contribution is 8.01. The number of benzene rings is 1. The molecule has 2 aliphatic rings. The summed E-state index contributed by atoms with van der Waals surface area (Å²) in [5.41, 5.74) is 6.33. The number of aliphatic hydroxyl groups is 1. The molecule has 0 unspecified atom stereocenters. The van der Waals surface area contributed by atoms with Crippen molar-refractivity contribution in [3.05, 3.63) is 29.8 Å².